The Morgan fingerprint density at radius 3 is 1.36 bits per heavy atom. The van der Waals surface area contributed by atoms with Crippen LogP contribution >= 0.6 is 0 Å². The quantitative estimate of drug-likeness (QED) is 0.231. The Bertz CT molecular complexity index is 353. The summed E-state index contributed by atoms with van der Waals surface area (Å²) in [6.07, 6.45) is 15.2. The Hall–Kier alpha value is -1.40. The van der Waals surface area contributed by atoms with Crippen molar-refractivity contribution in [1.82, 2.24) is 0 Å². The van der Waals surface area contributed by atoms with E-state index in [0.717, 1.165) is 38.5 Å². The largest absolute Gasteiger partial charge is 0.103 e. The fourth-order valence-corrected chi connectivity index (χ4v) is 2.37. The van der Waals surface area contributed by atoms with Crippen LogP contribution in [0.25, 0.3) is 0 Å². The van der Waals surface area contributed by atoms with E-state index < -0.39 is 0 Å². The van der Waals surface area contributed by atoms with Crippen LogP contribution in [0.2, 0.25) is 0 Å². The number of unbranched alkanes of at least 4 members (excludes halogenated alkanes) is 4. The van der Waals surface area contributed by atoms with Gasteiger partial charge in [0.15, 0.2) is 0 Å². The molecule has 0 aromatic heterocycles. The molecule has 0 fully saturated rings. The molecular formula is C22H34. The summed E-state index contributed by atoms with van der Waals surface area (Å²) in [5.74, 6) is 14.1. The molecule has 0 aromatic carbocycles. The van der Waals surface area contributed by atoms with E-state index in [4.69, 9.17) is 0 Å². The summed E-state index contributed by atoms with van der Waals surface area (Å²) in [6, 6.07) is 0. The second-order valence-electron chi connectivity index (χ2n) is 5.79. The van der Waals surface area contributed by atoms with Crippen LogP contribution in [0.1, 0.15) is 78.1 Å². The van der Waals surface area contributed by atoms with Crippen molar-refractivity contribution in [1.29, 1.82) is 0 Å². The van der Waals surface area contributed by atoms with Gasteiger partial charge in [0.25, 0.3) is 0 Å². The first-order valence-electron chi connectivity index (χ1n) is 8.96. The molecule has 22 heavy (non-hydrogen) atoms. The monoisotopic (exact) mass is 298 g/mol. The standard InChI is InChI=1S/C22H34/c1-5-9-11-13-15-17-19-21(7-3)22(8-4)20-18-16-14-12-10-6-2/h7-8,21-22H,3-6,9-12,17-20H2,1-2H3/t21-,22-/m1/s1. The van der Waals surface area contributed by atoms with E-state index in [1.807, 2.05) is 0 Å². The van der Waals surface area contributed by atoms with Gasteiger partial charge in [-0.1, -0.05) is 38.8 Å². The van der Waals surface area contributed by atoms with Crippen LogP contribution in [0.15, 0.2) is 25.3 Å². The minimum absolute atomic E-state index is 0.482. The zero-order valence-corrected chi connectivity index (χ0v) is 14.8. The first-order chi connectivity index (χ1) is 10.8. The molecule has 0 saturated heterocycles. The zero-order chi connectivity index (χ0) is 16.5. The second-order valence-corrected chi connectivity index (χ2v) is 5.79. The van der Waals surface area contributed by atoms with Gasteiger partial charge in [-0.25, -0.2) is 0 Å². The predicted molar refractivity (Wildman–Crippen MR) is 100 cm³/mol. The number of hydrogen-bond donors (Lipinski definition) is 0. The lowest BCUT2D eigenvalue weighted by Crippen LogP contribution is -2.10. The van der Waals surface area contributed by atoms with Crippen molar-refractivity contribution < 1.29 is 0 Å². The van der Waals surface area contributed by atoms with Crippen LogP contribution in [0.4, 0.5) is 0 Å². The molecule has 0 aliphatic rings. The molecule has 0 saturated carbocycles. The highest BCUT2D eigenvalue weighted by atomic mass is 14.2. The van der Waals surface area contributed by atoms with E-state index >= 15 is 0 Å². The maximum atomic E-state index is 3.99. The third-order valence-electron chi connectivity index (χ3n) is 3.92. The number of hydrogen-bond acceptors (Lipinski definition) is 0. The molecule has 0 heteroatoms. The van der Waals surface area contributed by atoms with Crippen molar-refractivity contribution in [2.75, 3.05) is 0 Å². The molecule has 122 valence electrons. The first kappa shape index (κ1) is 20.6. The van der Waals surface area contributed by atoms with Crippen molar-refractivity contribution in [2.45, 2.75) is 78.1 Å². The normalized spacial score (nSPS) is 12.3. The Labute approximate surface area is 139 Å². The van der Waals surface area contributed by atoms with Crippen molar-refractivity contribution in [3.05, 3.63) is 25.3 Å². The van der Waals surface area contributed by atoms with E-state index in [0.29, 0.717) is 11.8 Å². The van der Waals surface area contributed by atoms with Gasteiger partial charge in [0.1, 0.15) is 0 Å². The molecule has 0 heterocycles. The minimum atomic E-state index is 0.482. The van der Waals surface area contributed by atoms with E-state index in [2.05, 4.69) is 62.8 Å². The molecule has 0 N–H and O–H groups in total. The fourth-order valence-electron chi connectivity index (χ4n) is 2.37. The van der Waals surface area contributed by atoms with E-state index in [1.165, 1.54) is 25.7 Å². The molecular weight excluding hydrogens is 264 g/mol. The molecule has 0 unspecified atom stereocenters. The smallest absolute Gasteiger partial charge is 0.00945 e. The van der Waals surface area contributed by atoms with Crippen molar-refractivity contribution in [2.24, 2.45) is 11.8 Å². The Balaban J connectivity index is 4.11. The van der Waals surface area contributed by atoms with Gasteiger partial charge in [-0.05, 0) is 37.5 Å². The van der Waals surface area contributed by atoms with Crippen molar-refractivity contribution in [3.63, 3.8) is 0 Å². The Morgan fingerprint density at radius 2 is 1.05 bits per heavy atom. The van der Waals surface area contributed by atoms with Crippen molar-refractivity contribution in [3.8, 4) is 23.7 Å². The summed E-state index contributed by atoms with van der Waals surface area (Å²) in [6.45, 7) is 12.4. The van der Waals surface area contributed by atoms with Gasteiger partial charge in [0.2, 0.25) is 0 Å². The van der Waals surface area contributed by atoms with Gasteiger partial charge in [-0.15, -0.1) is 36.8 Å². The lowest BCUT2D eigenvalue weighted by molar-refractivity contribution is 0.430. The van der Waals surface area contributed by atoms with Gasteiger partial charge in [0.05, 0.1) is 0 Å². The summed E-state index contributed by atoms with van der Waals surface area (Å²) in [4.78, 5) is 0. The molecule has 0 aliphatic heterocycles. The number of rotatable bonds is 11. The third kappa shape index (κ3) is 11.3. The Kier molecular flexibility index (Phi) is 15.0. The van der Waals surface area contributed by atoms with E-state index in [-0.39, 0.29) is 0 Å². The zero-order valence-electron chi connectivity index (χ0n) is 14.8. The van der Waals surface area contributed by atoms with Gasteiger partial charge >= 0.3 is 0 Å². The lowest BCUT2D eigenvalue weighted by Gasteiger charge is -2.19. The molecule has 0 aromatic rings. The molecule has 0 amide bonds. The Morgan fingerprint density at radius 1 is 0.682 bits per heavy atom. The SMILES string of the molecule is C=C[C@H](CCC#CCCCC)[C@H](C=C)CCC#CCCCC. The average molecular weight is 299 g/mol. The predicted octanol–water partition coefficient (Wildman–Crippen LogP) is 6.54. The lowest BCUT2D eigenvalue weighted by atomic mass is 9.85. The molecule has 0 bridgehead atoms. The van der Waals surface area contributed by atoms with Gasteiger partial charge in [0, 0.05) is 25.7 Å². The molecule has 0 rings (SSSR count). The van der Waals surface area contributed by atoms with Gasteiger partial charge in [-0.3, -0.25) is 0 Å². The fraction of sp³-hybridized carbons (Fsp3) is 0.636. The maximum absolute atomic E-state index is 3.99. The minimum Gasteiger partial charge on any atom is -0.103 e. The summed E-state index contributed by atoms with van der Waals surface area (Å²) >= 11 is 0. The molecule has 2 atom stereocenters. The van der Waals surface area contributed by atoms with Crippen LogP contribution in [-0.2, 0) is 0 Å². The van der Waals surface area contributed by atoms with Crippen molar-refractivity contribution >= 4 is 0 Å². The van der Waals surface area contributed by atoms with Crippen LogP contribution in [0.5, 0.6) is 0 Å². The van der Waals surface area contributed by atoms with Crippen LogP contribution in [0, 0.1) is 35.5 Å². The molecule has 0 radical (unpaired) electrons. The van der Waals surface area contributed by atoms with Gasteiger partial charge < -0.3 is 0 Å². The van der Waals surface area contributed by atoms with Crippen LogP contribution in [0.3, 0.4) is 0 Å². The van der Waals surface area contributed by atoms with E-state index in [1.54, 1.807) is 0 Å². The molecule has 0 spiro atoms. The topological polar surface area (TPSA) is 0 Å². The maximum Gasteiger partial charge on any atom is 0.00945 e. The average Bonchev–Trinajstić information content (AvgIpc) is 2.54. The molecule has 0 nitrogen and oxygen atoms in total. The highest BCUT2D eigenvalue weighted by molar-refractivity contribution is 5.03. The summed E-state index contributed by atoms with van der Waals surface area (Å²) in [7, 11) is 0. The highest BCUT2D eigenvalue weighted by Gasteiger charge is 2.14. The van der Waals surface area contributed by atoms with Gasteiger partial charge in [-0.2, -0.15) is 0 Å². The third-order valence-corrected chi connectivity index (χ3v) is 3.92. The summed E-state index contributed by atoms with van der Waals surface area (Å²) in [5.41, 5.74) is 0. The van der Waals surface area contributed by atoms with E-state index in [9.17, 15) is 0 Å². The van der Waals surface area contributed by atoms with Crippen LogP contribution in [-0.4, -0.2) is 0 Å². The second kappa shape index (κ2) is 16.0. The summed E-state index contributed by atoms with van der Waals surface area (Å²) < 4.78 is 0. The number of allylic oxidation sites excluding steroid dienone is 2. The highest BCUT2D eigenvalue weighted by Crippen LogP contribution is 2.24. The summed E-state index contributed by atoms with van der Waals surface area (Å²) in [5, 5.41) is 0. The van der Waals surface area contributed by atoms with Crippen LogP contribution < -0.4 is 0 Å². The molecule has 0 aliphatic carbocycles. The first-order valence-corrected chi connectivity index (χ1v) is 8.96.